The maximum absolute atomic E-state index is 12.1. The molecule has 0 saturated carbocycles. The largest absolute Gasteiger partial charge is 0.508 e. The van der Waals surface area contributed by atoms with Crippen molar-refractivity contribution in [3.8, 4) is 5.75 Å². The van der Waals surface area contributed by atoms with Crippen LogP contribution in [-0.2, 0) is 16.0 Å². The predicted molar refractivity (Wildman–Crippen MR) is 68.5 cm³/mol. The van der Waals surface area contributed by atoms with E-state index in [2.05, 4.69) is 5.32 Å². The molecule has 2 aliphatic rings. The van der Waals surface area contributed by atoms with Gasteiger partial charge in [-0.15, -0.1) is 0 Å². The molecule has 2 amide bonds. The fourth-order valence-corrected chi connectivity index (χ4v) is 2.81. The molecule has 2 N–H and O–H groups in total. The average Bonchev–Trinajstić information content (AvgIpc) is 2.39. The van der Waals surface area contributed by atoms with Crippen LogP contribution in [0.2, 0.25) is 0 Å². The van der Waals surface area contributed by atoms with Gasteiger partial charge in [-0.3, -0.25) is 9.59 Å². The Morgan fingerprint density at radius 1 is 1.26 bits per heavy atom. The number of hydrogen-bond donors (Lipinski definition) is 2. The summed E-state index contributed by atoms with van der Waals surface area (Å²) in [5.41, 5.74) is 0.940. The third-order valence-corrected chi connectivity index (χ3v) is 3.83. The van der Waals surface area contributed by atoms with Crippen LogP contribution in [0.5, 0.6) is 5.75 Å². The van der Waals surface area contributed by atoms with Gasteiger partial charge in [-0.1, -0.05) is 12.1 Å². The van der Waals surface area contributed by atoms with E-state index < -0.39 is 6.04 Å². The number of phenols is 1. The quantitative estimate of drug-likeness (QED) is 0.810. The van der Waals surface area contributed by atoms with E-state index in [-0.39, 0.29) is 23.6 Å². The summed E-state index contributed by atoms with van der Waals surface area (Å²) in [4.78, 5) is 25.8. The third kappa shape index (κ3) is 2.16. The first kappa shape index (κ1) is 12.0. The third-order valence-electron chi connectivity index (χ3n) is 3.83. The van der Waals surface area contributed by atoms with Crippen LogP contribution in [-0.4, -0.2) is 40.4 Å². The molecule has 1 aromatic carbocycles. The molecule has 2 aliphatic heterocycles. The van der Waals surface area contributed by atoms with E-state index in [0.29, 0.717) is 13.0 Å². The lowest BCUT2D eigenvalue weighted by Gasteiger charge is -2.42. The van der Waals surface area contributed by atoms with E-state index in [4.69, 9.17) is 0 Å². The highest BCUT2D eigenvalue weighted by Crippen LogP contribution is 2.22. The summed E-state index contributed by atoms with van der Waals surface area (Å²) in [6, 6.07) is 6.01. The van der Waals surface area contributed by atoms with Gasteiger partial charge in [0.25, 0.3) is 0 Å². The number of carbonyl (C=O) groups is 2. The first-order valence-electron chi connectivity index (χ1n) is 6.54. The minimum absolute atomic E-state index is 0.0367. The fraction of sp³-hybridized carbons (Fsp3) is 0.429. The first-order chi connectivity index (χ1) is 9.15. The number of nitrogens with one attached hydrogen (secondary N) is 1. The molecule has 1 aromatic rings. The van der Waals surface area contributed by atoms with Crippen LogP contribution in [0.4, 0.5) is 0 Å². The molecule has 19 heavy (non-hydrogen) atoms. The number of hydrogen-bond acceptors (Lipinski definition) is 3. The normalized spacial score (nSPS) is 26.2. The smallest absolute Gasteiger partial charge is 0.245 e. The van der Waals surface area contributed by atoms with Crippen molar-refractivity contribution in [2.24, 2.45) is 0 Å². The lowest BCUT2D eigenvalue weighted by atomic mass is 9.94. The van der Waals surface area contributed by atoms with E-state index in [1.165, 1.54) is 0 Å². The minimum atomic E-state index is -0.423. The van der Waals surface area contributed by atoms with Gasteiger partial charge in [0, 0.05) is 13.0 Å². The van der Waals surface area contributed by atoms with Crippen molar-refractivity contribution in [3.05, 3.63) is 29.8 Å². The molecule has 100 valence electrons. The Morgan fingerprint density at radius 3 is 2.74 bits per heavy atom. The van der Waals surface area contributed by atoms with Gasteiger partial charge in [0.15, 0.2) is 0 Å². The number of aromatic hydroxyl groups is 1. The minimum Gasteiger partial charge on any atom is -0.508 e. The number of nitrogens with zero attached hydrogens (tertiary/aromatic N) is 1. The molecule has 5 heteroatoms. The molecule has 3 rings (SSSR count). The van der Waals surface area contributed by atoms with Crippen molar-refractivity contribution in [2.75, 3.05) is 6.54 Å². The summed E-state index contributed by atoms with van der Waals surface area (Å²) in [5, 5.41) is 12.1. The molecule has 2 unspecified atom stereocenters. The number of fused-ring (bicyclic) bond motifs is 2. The van der Waals surface area contributed by atoms with E-state index in [1.54, 1.807) is 29.2 Å². The summed E-state index contributed by atoms with van der Waals surface area (Å²) in [5.74, 6) is 0.165. The van der Waals surface area contributed by atoms with Crippen LogP contribution >= 0.6 is 0 Å². The second-order valence-electron chi connectivity index (χ2n) is 5.12. The van der Waals surface area contributed by atoms with Crippen LogP contribution < -0.4 is 5.32 Å². The van der Waals surface area contributed by atoms with Gasteiger partial charge in [-0.2, -0.15) is 0 Å². The second kappa shape index (κ2) is 4.57. The Labute approximate surface area is 111 Å². The number of benzene rings is 1. The number of amides is 2. The molecule has 5 nitrogen and oxygen atoms in total. The topological polar surface area (TPSA) is 69.6 Å². The summed E-state index contributed by atoms with van der Waals surface area (Å²) in [7, 11) is 0. The fourth-order valence-electron chi connectivity index (χ4n) is 2.81. The number of rotatable bonds is 2. The van der Waals surface area contributed by atoms with Gasteiger partial charge in [0.2, 0.25) is 11.8 Å². The Bertz CT molecular complexity index is 512. The van der Waals surface area contributed by atoms with Crippen LogP contribution in [0, 0.1) is 0 Å². The van der Waals surface area contributed by atoms with Crippen molar-refractivity contribution in [1.29, 1.82) is 0 Å². The molecule has 2 saturated heterocycles. The average molecular weight is 260 g/mol. The van der Waals surface area contributed by atoms with E-state index >= 15 is 0 Å². The predicted octanol–water partition coefficient (Wildman–Crippen LogP) is 0.424. The number of piperidine rings is 1. The zero-order valence-corrected chi connectivity index (χ0v) is 10.5. The van der Waals surface area contributed by atoms with Crippen molar-refractivity contribution in [2.45, 2.75) is 31.3 Å². The standard InChI is InChI=1S/C14H16N2O3/c17-10-5-3-9(4-6-10)8-12-13(18)15-11-2-1-7-16(12)14(11)19/h3-6,11-12,17H,1-2,7-8H2,(H,15,18). The van der Waals surface area contributed by atoms with Crippen molar-refractivity contribution < 1.29 is 14.7 Å². The Kier molecular flexibility index (Phi) is 2.89. The molecule has 2 atom stereocenters. The highest BCUT2D eigenvalue weighted by Gasteiger charge is 2.42. The van der Waals surface area contributed by atoms with Crippen molar-refractivity contribution in [1.82, 2.24) is 10.2 Å². The molecule has 0 spiro atoms. The number of phenolic OH excluding ortho intramolecular Hbond substituents is 1. The van der Waals surface area contributed by atoms with Gasteiger partial charge in [-0.25, -0.2) is 0 Å². The Hall–Kier alpha value is -2.04. The summed E-state index contributed by atoms with van der Waals surface area (Å²) in [6.45, 7) is 0.658. The zero-order chi connectivity index (χ0) is 13.4. The Morgan fingerprint density at radius 2 is 2.00 bits per heavy atom. The molecule has 0 radical (unpaired) electrons. The molecule has 0 aromatic heterocycles. The maximum atomic E-state index is 12.1. The number of piperazine rings is 1. The lowest BCUT2D eigenvalue weighted by Crippen LogP contribution is -2.66. The highest BCUT2D eigenvalue weighted by atomic mass is 16.3. The van der Waals surface area contributed by atoms with Gasteiger partial charge in [0.05, 0.1) is 0 Å². The summed E-state index contributed by atoms with van der Waals surface area (Å²) < 4.78 is 0. The molecule has 2 heterocycles. The Balaban J connectivity index is 1.80. The van der Waals surface area contributed by atoms with Gasteiger partial charge < -0.3 is 15.3 Å². The first-order valence-corrected chi connectivity index (χ1v) is 6.54. The van der Waals surface area contributed by atoms with Crippen molar-refractivity contribution in [3.63, 3.8) is 0 Å². The van der Waals surface area contributed by atoms with Gasteiger partial charge >= 0.3 is 0 Å². The molecular formula is C14H16N2O3. The molecule has 2 fully saturated rings. The zero-order valence-electron chi connectivity index (χ0n) is 10.5. The monoisotopic (exact) mass is 260 g/mol. The molecule has 0 aliphatic carbocycles. The summed E-state index contributed by atoms with van der Waals surface area (Å²) in [6.07, 6.45) is 2.17. The van der Waals surface area contributed by atoms with Crippen LogP contribution in [0.25, 0.3) is 0 Å². The second-order valence-corrected chi connectivity index (χ2v) is 5.12. The van der Waals surface area contributed by atoms with E-state index in [1.807, 2.05) is 0 Å². The van der Waals surface area contributed by atoms with Gasteiger partial charge in [-0.05, 0) is 30.5 Å². The maximum Gasteiger partial charge on any atom is 0.245 e. The van der Waals surface area contributed by atoms with Crippen LogP contribution in [0.1, 0.15) is 18.4 Å². The van der Waals surface area contributed by atoms with Gasteiger partial charge in [0.1, 0.15) is 17.8 Å². The molecule has 2 bridgehead atoms. The van der Waals surface area contributed by atoms with Crippen LogP contribution in [0.15, 0.2) is 24.3 Å². The lowest BCUT2D eigenvalue weighted by molar-refractivity contribution is -0.152. The molecular weight excluding hydrogens is 244 g/mol. The SMILES string of the molecule is O=C1NC2CCCN(C2=O)C1Cc1ccc(O)cc1. The highest BCUT2D eigenvalue weighted by molar-refractivity contribution is 5.97. The summed E-state index contributed by atoms with van der Waals surface area (Å²) >= 11 is 0. The van der Waals surface area contributed by atoms with Crippen LogP contribution in [0.3, 0.4) is 0 Å². The van der Waals surface area contributed by atoms with E-state index in [0.717, 1.165) is 18.4 Å². The number of carbonyl (C=O) groups excluding carboxylic acids is 2. The van der Waals surface area contributed by atoms with Crippen molar-refractivity contribution >= 4 is 11.8 Å². The van der Waals surface area contributed by atoms with E-state index in [9.17, 15) is 14.7 Å².